The Morgan fingerprint density at radius 2 is 1.97 bits per heavy atom. The number of aromatic nitrogens is 2. The van der Waals surface area contributed by atoms with Crippen LogP contribution in [-0.4, -0.2) is 40.2 Å². The average Bonchev–Trinajstić information content (AvgIpc) is 3.52. The van der Waals surface area contributed by atoms with E-state index < -0.39 is 0 Å². The molecule has 8 nitrogen and oxygen atoms in total. The Kier molecular flexibility index (Phi) is 5.03. The van der Waals surface area contributed by atoms with Gasteiger partial charge in [-0.25, -0.2) is 0 Å². The molecule has 31 heavy (non-hydrogen) atoms. The minimum absolute atomic E-state index is 0.0119. The molecule has 2 aromatic carbocycles. The van der Waals surface area contributed by atoms with Crippen LogP contribution in [0.2, 0.25) is 0 Å². The summed E-state index contributed by atoms with van der Waals surface area (Å²) >= 11 is 1.22. The maximum atomic E-state index is 13.1. The van der Waals surface area contributed by atoms with Crippen LogP contribution in [0, 0.1) is 6.92 Å². The van der Waals surface area contributed by atoms with E-state index in [2.05, 4.69) is 15.5 Å². The molecule has 0 aliphatic carbocycles. The summed E-state index contributed by atoms with van der Waals surface area (Å²) in [6.07, 6.45) is 1.69. The number of likely N-dealkylation sites (tertiary alicyclic amines) is 1. The van der Waals surface area contributed by atoms with Crippen molar-refractivity contribution in [1.82, 2.24) is 15.1 Å². The van der Waals surface area contributed by atoms with Gasteiger partial charge in [0.1, 0.15) is 5.01 Å². The molecule has 1 fully saturated rings. The topological polar surface area (TPSA) is 93.7 Å². The van der Waals surface area contributed by atoms with Gasteiger partial charge in [-0.1, -0.05) is 29.5 Å². The molecule has 9 heteroatoms. The zero-order valence-electron chi connectivity index (χ0n) is 16.8. The lowest BCUT2D eigenvalue weighted by Crippen LogP contribution is -2.31. The molecule has 1 N–H and O–H groups in total. The van der Waals surface area contributed by atoms with Crippen molar-refractivity contribution in [2.24, 2.45) is 0 Å². The van der Waals surface area contributed by atoms with Gasteiger partial charge in [0.25, 0.3) is 11.8 Å². The van der Waals surface area contributed by atoms with Crippen LogP contribution in [-0.2, 0) is 0 Å². The number of fused-ring (bicyclic) bond motifs is 1. The normalized spacial score (nSPS) is 17.1. The van der Waals surface area contributed by atoms with E-state index in [9.17, 15) is 9.59 Å². The summed E-state index contributed by atoms with van der Waals surface area (Å²) in [5, 5.41) is 12.1. The third-order valence-corrected chi connectivity index (χ3v) is 6.46. The molecule has 1 aromatic heterocycles. The fourth-order valence-electron chi connectivity index (χ4n) is 3.85. The molecule has 158 valence electrons. The number of hydrogen-bond acceptors (Lipinski definition) is 7. The van der Waals surface area contributed by atoms with Gasteiger partial charge in [0, 0.05) is 23.9 Å². The van der Waals surface area contributed by atoms with Crippen LogP contribution in [0.5, 0.6) is 11.5 Å². The summed E-state index contributed by atoms with van der Waals surface area (Å²) in [7, 11) is 0. The van der Waals surface area contributed by atoms with Crippen LogP contribution in [0.4, 0.5) is 5.69 Å². The van der Waals surface area contributed by atoms with Gasteiger partial charge in [0.05, 0.1) is 6.04 Å². The summed E-state index contributed by atoms with van der Waals surface area (Å²) < 4.78 is 10.6. The first kappa shape index (κ1) is 19.5. The molecule has 0 radical (unpaired) electrons. The van der Waals surface area contributed by atoms with Gasteiger partial charge in [0.2, 0.25) is 11.8 Å². The summed E-state index contributed by atoms with van der Waals surface area (Å²) in [6.45, 7) is 2.77. The van der Waals surface area contributed by atoms with Gasteiger partial charge in [-0.05, 0) is 43.5 Å². The van der Waals surface area contributed by atoms with Gasteiger partial charge in [-0.15, -0.1) is 10.2 Å². The fourth-order valence-corrected chi connectivity index (χ4v) is 4.74. The Hall–Kier alpha value is -3.46. The monoisotopic (exact) mass is 436 g/mol. The lowest BCUT2D eigenvalue weighted by Gasteiger charge is -2.23. The number of nitrogens with zero attached hydrogens (tertiary/aromatic N) is 3. The van der Waals surface area contributed by atoms with E-state index in [4.69, 9.17) is 9.47 Å². The number of hydrogen-bond donors (Lipinski definition) is 1. The lowest BCUT2D eigenvalue weighted by atomic mass is 10.1. The molecule has 0 unspecified atom stereocenters. The lowest BCUT2D eigenvalue weighted by molar-refractivity contribution is 0.0734. The smallest absolute Gasteiger partial charge is 0.286 e. The molecule has 2 aliphatic heterocycles. The molecule has 3 heterocycles. The summed E-state index contributed by atoms with van der Waals surface area (Å²) in [5.41, 5.74) is 2.22. The predicted molar refractivity (Wildman–Crippen MR) is 115 cm³/mol. The molecule has 1 saturated heterocycles. The van der Waals surface area contributed by atoms with E-state index in [1.807, 2.05) is 36.1 Å². The molecule has 2 aliphatic rings. The first-order chi connectivity index (χ1) is 15.1. The van der Waals surface area contributed by atoms with E-state index in [1.165, 1.54) is 11.3 Å². The second-order valence-corrected chi connectivity index (χ2v) is 8.45. The number of aryl methyl sites for hydroxylation is 1. The molecule has 0 saturated carbocycles. The van der Waals surface area contributed by atoms with Gasteiger partial charge in [-0.2, -0.15) is 0 Å². The first-order valence-corrected chi connectivity index (χ1v) is 10.8. The highest BCUT2D eigenvalue weighted by atomic mass is 32.1. The largest absolute Gasteiger partial charge is 0.454 e. The predicted octanol–water partition coefficient (Wildman–Crippen LogP) is 3.80. The zero-order valence-corrected chi connectivity index (χ0v) is 17.6. The van der Waals surface area contributed by atoms with E-state index >= 15 is 0 Å². The maximum Gasteiger partial charge on any atom is 0.286 e. The first-order valence-electron chi connectivity index (χ1n) is 10.0. The Balaban J connectivity index is 1.32. The van der Waals surface area contributed by atoms with Crippen molar-refractivity contribution in [2.45, 2.75) is 25.8 Å². The van der Waals surface area contributed by atoms with Gasteiger partial charge in [0.15, 0.2) is 11.5 Å². The standard InChI is InChI=1S/C22H20N4O4S/c1-13-5-2-3-6-15(13)22(28)26-10-4-7-16(26)20-24-25-21(31-20)19(27)23-14-8-9-17-18(11-14)30-12-29-17/h2-3,5-6,8-9,11,16H,4,7,10,12H2,1H3,(H,23,27)/t16-/m1/s1. The van der Waals surface area contributed by atoms with Crippen LogP contribution >= 0.6 is 11.3 Å². The van der Waals surface area contributed by atoms with Crippen LogP contribution in [0.15, 0.2) is 42.5 Å². The number of nitrogens with one attached hydrogen (secondary N) is 1. The second kappa shape index (κ2) is 7.99. The number of rotatable bonds is 4. The van der Waals surface area contributed by atoms with Crippen molar-refractivity contribution in [2.75, 3.05) is 18.7 Å². The third kappa shape index (κ3) is 3.72. The van der Waals surface area contributed by atoms with E-state index in [1.54, 1.807) is 18.2 Å². The van der Waals surface area contributed by atoms with Crippen molar-refractivity contribution in [1.29, 1.82) is 0 Å². The van der Waals surface area contributed by atoms with Crippen molar-refractivity contribution >= 4 is 28.8 Å². The number of carbonyl (C=O) groups excluding carboxylic acids is 2. The van der Waals surface area contributed by atoms with Gasteiger partial charge >= 0.3 is 0 Å². The number of amides is 2. The van der Waals surface area contributed by atoms with Gasteiger partial charge in [-0.3, -0.25) is 9.59 Å². The van der Waals surface area contributed by atoms with Gasteiger partial charge < -0.3 is 19.7 Å². The third-order valence-electron chi connectivity index (χ3n) is 5.44. The Morgan fingerprint density at radius 1 is 1.13 bits per heavy atom. The summed E-state index contributed by atoms with van der Waals surface area (Å²) in [4.78, 5) is 27.6. The molecule has 1 atom stereocenters. The van der Waals surface area contributed by atoms with Crippen molar-refractivity contribution in [3.05, 3.63) is 63.6 Å². The highest BCUT2D eigenvalue weighted by molar-refractivity contribution is 7.13. The van der Waals surface area contributed by atoms with Crippen LogP contribution < -0.4 is 14.8 Å². The maximum absolute atomic E-state index is 13.1. The van der Waals surface area contributed by atoms with Crippen LogP contribution in [0.3, 0.4) is 0 Å². The van der Waals surface area contributed by atoms with E-state index in [0.29, 0.717) is 34.3 Å². The number of benzene rings is 2. The zero-order chi connectivity index (χ0) is 21.4. The highest BCUT2D eigenvalue weighted by Crippen LogP contribution is 2.36. The molecule has 0 bridgehead atoms. The molecule has 5 rings (SSSR count). The number of ether oxygens (including phenoxy) is 2. The summed E-state index contributed by atoms with van der Waals surface area (Å²) in [6, 6.07) is 12.6. The molecule has 2 amide bonds. The average molecular weight is 436 g/mol. The fraction of sp³-hybridized carbons (Fsp3) is 0.273. The van der Waals surface area contributed by atoms with E-state index in [-0.39, 0.29) is 29.7 Å². The minimum atomic E-state index is -0.350. The molecule has 0 spiro atoms. The summed E-state index contributed by atoms with van der Waals surface area (Å²) in [5.74, 6) is 0.877. The molecular formula is C22H20N4O4S. The molecule has 3 aromatic rings. The van der Waals surface area contributed by atoms with Crippen molar-refractivity contribution in [3.63, 3.8) is 0 Å². The van der Waals surface area contributed by atoms with Crippen LogP contribution in [0.25, 0.3) is 0 Å². The quantitative estimate of drug-likeness (QED) is 0.669. The SMILES string of the molecule is Cc1ccccc1C(=O)N1CCC[C@@H]1c1nnc(C(=O)Nc2ccc3c(c2)OCO3)s1. The Morgan fingerprint density at radius 3 is 2.84 bits per heavy atom. The number of anilines is 1. The Bertz CT molecular complexity index is 1160. The highest BCUT2D eigenvalue weighted by Gasteiger charge is 2.34. The van der Waals surface area contributed by atoms with Crippen molar-refractivity contribution < 1.29 is 19.1 Å². The Labute approximate surface area is 182 Å². The van der Waals surface area contributed by atoms with Crippen LogP contribution in [0.1, 0.15) is 49.6 Å². The molecular weight excluding hydrogens is 416 g/mol. The number of carbonyl (C=O) groups is 2. The van der Waals surface area contributed by atoms with Crippen molar-refractivity contribution in [3.8, 4) is 11.5 Å². The minimum Gasteiger partial charge on any atom is -0.454 e. The second-order valence-electron chi connectivity index (χ2n) is 7.44. The van der Waals surface area contributed by atoms with E-state index in [0.717, 1.165) is 18.4 Å².